The van der Waals surface area contributed by atoms with E-state index in [1.54, 1.807) is 5.48 Å². The van der Waals surface area contributed by atoms with E-state index in [4.69, 9.17) is 9.62 Å². The van der Waals surface area contributed by atoms with Crippen molar-refractivity contribution in [3.8, 4) is 0 Å². The van der Waals surface area contributed by atoms with Crippen LogP contribution in [0.4, 0.5) is 16.0 Å². The highest BCUT2D eigenvalue weighted by Gasteiger charge is 2.29. The molecule has 2 heterocycles. The minimum atomic E-state index is -3.68. The Morgan fingerprint density at radius 2 is 1.81 bits per heavy atom. The predicted molar refractivity (Wildman–Crippen MR) is 91.4 cm³/mol. The highest BCUT2D eigenvalue weighted by molar-refractivity contribution is 7.89. The molecule has 3 N–H and O–H groups in total. The van der Waals surface area contributed by atoms with Gasteiger partial charge in [0.25, 0.3) is 5.91 Å². The second-order valence-corrected chi connectivity index (χ2v) is 7.77. The van der Waals surface area contributed by atoms with Crippen molar-refractivity contribution >= 4 is 27.5 Å². The van der Waals surface area contributed by atoms with Crippen LogP contribution < -0.4 is 10.8 Å². The lowest BCUT2D eigenvalue weighted by Gasteiger charge is -2.27. The lowest BCUT2D eigenvalue weighted by Crippen LogP contribution is -2.38. The summed E-state index contributed by atoms with van der Waals surface area (Å²) in [6.45, 7) is 0.309. The molecule has 8 nitrogen and oxygen atoms in total. The van der Waals surface area contributed by atoms with E-state index < -0.39 is 22.1 Å². The molecule has 1 aliphatic rings. The van der Waals surface area contributed by atoms with Crippen LogP contribution in [-0.2, 0) is 10.0 Å². The van der Waals surface area contributed by atoms with Crippen LogP contribution in [0.3, 0.4) is 0 Å². The first-order valence-corrected chi connectivity index (χ1v) is 9.40. The number of amides is 1. The topological polar surface area (TPSA) is 112 Å². The maximum atomic E-state index is 13.2. The Morgan fingerprint density at radius 1 is 1.15 bits per heavy atom. The fourth-order valence-corrected chi connectivity index (χ4v) is 4.11. The van der Waals surface area contributed by atoms with Crippen LogP contribution in [-0.4, -0.2) is 43.1 Å². The summed E-state index contributed by atoms with van der Waals surface area (Å²) in [6.07, 6.45) is -0.565. The van der Waals surface area contributed by atoms with E-state index in [0.717, 1.165) is 0 Å². The van der Waals surface area contributed by atoms with E-state index in [1.165, 1.54) is 40.7 Å². The summed E-state index contributed by atoms with van der Waals surface area (Å²) in [5, 5.41) is 11.3. The van der Waals surface area contributed by atoms with Gasteiger partial charge in [-0.05, 0) is 43.2 Å². The number of furan rings is 1. The third-order valence-electron chi connectivity index (χ3n) is 4.07. The average Bonchev–Trinajstić information content (AvgIpc) is 3.12. The molecule has 0 spiro atoms. The zero-order chi connectivity index (χ0) is 18.7. The number of alkyl halides is 1. The smallest absolute Gasteiger partial charge is 0.291 e. The summed E-state index contributed by atoms with van der Waals surface area (Å²) < 4.78 is 44.6. The molecule has 10 heteroatoms. The Labute approximate surface area is 149 Å². The van der Waals surface area contributed by atoms with Gasteiger partial charge in [-0.15, -0.1) is 0 Å². The van der Waals surface area contributed by atoms with Crippen LogP contribution in [0.25, 0.3) is 0 Å². The number of rotatable bonds is 5. The van der Waals surface area contributed by atoms with E-state index in [1.807, 2.05) is 0 Å². The Morgan fingerprint density at radius 3 is 2.38 bits per heavy atom. The minimum Gasteiger partial charge on any atom is -0.433 e. The Hall–Kier alpha value is -2.43. The highest BCUT2D eigenvalue weighted by Crippen LogP contribution is 2.23. The molecule has 2 aromatic rings. The molecule has 1 fully saturated rings. The number of halogens is 1. The van der Waals surface area contributed by atoms with Crippen molar-refractivity contribution in [2.45, 2.75) is 23.9 Å². The van der Waals surface area contributed by atoms with Crippen molar-refractivity contribution in [3.05, 3.63) is 42.2 Å². The van der Waals surface area contributed by atoms with E-state index in [0.29, 0.717) is 5.69 Å². The number of carbonyl (C=O) groups is 1. The number of hydrogen-bond acceptors (Lipinski definition) is 6. The monoisotopic (exact) mass is 383 g/mol. The first-order valence-electron chi connectivity index (χ1n) is 7.96. The zero-order valence-corrected chi connectivity index (χ0v) is 14.5. The van der Waals surface area contributed by atoms with Gasteiger partial charge in [-0.3, -0.25) is 10.0 Å². The average molecular weight is 383 g/mol. The Balaban J connectivity index is 1.69. The number of sulfonamides is 1. The van der Waals surface area contributed by atoms with Gasteiger partial charge in [-0.25, -0.2) is 18.3 Å². The molecule has 1 amide bonds. The van der Waals surface area contributed by atoms with Gasteiger partial charge in [0.1, 0.15) is 6.17 Å². The van der Waals surface area contributed by atoms with Crippen LogP contribution in [0.5, 0.6) is 0 Å². The first kappa shape index (κ1) is 18.4. The maximum absolute atomic E-state index is 13.2. The largest absolute Gasteiger partial charge is 0.433 e. The van der Waals surface area contributed by atoms with Gasteiger partial charge in [0.15, 0.2) is 5.76 Å². The summed E-state index contributed by atoms with van der Waals surface area (Å²) in [5.41, 5.74) is 2.16. The second kappa shape index (κ2) is 7.44. The fraction of sp³-hybridized carbons (Fsp3) is 0.312. The molecule has 0 bridgehead atoms. The van der Waals surface area contributed by atoms with Gasteiger partial charge in [-0.2, -0.15) is 4.31 Å². The molecule has 0 atom stereocenters. The van der Waals surface area contributed by atoms with Gasteiger partial charge in [0.05, 0.1) is 4.90 Å². The number of nitrogens with one attached hydrogen (secondary N) is 2. The van der Waals surface area contributed by atoms with E-state index in [9.17, 15) is 17.6 Å². The summed E-state index contributed by atoms with van der Waals surface area (Å²) >= 11 is 0. The van der Waals surface area contributed by atoms with Crippen molar-refractivity contribution in [3.63, 3.8) is 0 Å². The van der Waals surface area contributed by atoms with E-state index >= 15 is 0 Å². The van der Waals surface area contributed by atoms with Gasteiger partial charge < -0.3 is 9.73 Å². The quantitative estimate of drug-likeness (QED) is 0.684. The molecule has 0 saturated carbocycles. The van der Waals surface area contributed by atoms with Crippen LogP contribution in [0, 0.1) is 0 Å². The van der Waals surface area contributed by atoms with Crippen molar-refractivity contribution < 1.29 is 27.2 Å². The summed E-state index contributed by atoms with van der Waals surface area (Å²) in [7, 11) is -3.68. The van der Waals surface area contributed by atoms with Crippen LogP contribution in [0.1, 0.15) is 23.4 Å². The number of benzene rings is 1. The van der Waals surface area contributed by atoms with Gasteiger partial charge in [0.2, 0.25) is 15.9 Å². The number of hydrogen-bond donors (Lipinski definition) is 3. The number of carbonyl (C=O) groups excluding carboxylic acids is 1. The molecule has 0 radical (unpaired) electrons. The summed E-state index contributed by atoms with van der Waals surface area (Å²) in [6, 6.07) is 8.44. The van der Waals surface area contributed by atoms with Crippen LogP contribution in [0.2, 0.25) is 0 Å². The molecule has 3 rings (SSSR count). The number of piperidine rings is 1. The van der Waals surface area contributed by atoms with Gasteiger partial charge in [0, 0.05) is 24.8 Å². The lowest BCUT2D eigenvalue weighted by molar-refractivity contribution is 0.0997. The van der Waals surface area contributed by atoms with E-state index in [2.05, 4.69) is 5.32 Å². The number of nitrogens with zero attached hydrogens (tertiary/aromatic N) is 1. The van der Waals surface area contributed by atoms with Crippen molar-refractivity contribution in [2.75, 3.05) is 23.9 Å². The fourth-order valence-electron chi connectivity index (χ4n) is 2.64. The van der Waals surface area contributed by atoms with Gasteiger partial charge in [-0.1, -0.05) is 0 Å². The Bertz CT molecular complexity index is 874. The molecule has 140 valence electrons. The first-order chi connectivity index (χ1) is 12.4. The molecule has 1 aromatic carbocycles. The normalized spacial score (nSPS) is 16.4. The molecule has 1 saturated heterocycles. The zero-order valence-electron chi connectivity index (χ0n) is 13.7. The van der Waals surface area contributed by atoms with Crippen molar-refractivity contribution in [1.82, 2.24) is 4.31 Å². The van der Waals surface area contributed by atoms with E-state index in [-0.39, 0.29) is 42.5 Å². The molecule has 0 unspecified atom stereocenters. The minimum absolute atomic E-state index is 0.0210. The van der Waals surface area contributed by atoms with Crippen LogP contribution in [0.15, 0.2) is 45.7 Å². The maximum Gasteiger partial charge on any atom is 0.291 e. The molecule has 1 aliphatic heterocycles. The SMILES string of the molecule is O=C(Nc1ccc(S(=O)(=O)N2CCC(F)CC2)cc1)c1ccc(NO)o1. The third-order valence-corrected chi connectivity index (χ3v) is 5.99. The molecule has 26 heavy (non-hydrogen) atoms. The lowest BCUT2D eigenvalue weighted by atomic mass is 10.1. The third kappa shape index (κ3) is 3.87. The Kier molecular flexibility index (Phi) is 5.25. The highest BCUT2D eigenvalue weighted by atomic mass is 32.2. The standard InChI is InChI=1S/C16H18FN3O5S/c17-11-7-9-20(10-8-11)26(23,24)13-3-1-12(2-4-13)18-16(21)14-5-6-15(19-22)25-14/h1-6,11,19,22H,7-10H2,(H,18,21). The molecular weight excluding hydrogens is 365 g/mol. The molecular formula is C16H18FN3O5S. The molecule has 1 aromatic heterocycles. The summed E-state index contributed by atoms with van der Waals surface area (Å²) in [5.74, 6) is -0.548. The van der Waals surface area contributed by atoms with Crippen molar-refractivity contribution in [1.29, 1.82) is 0 Å². The van der Waals surface area contributed by atoms with Crippen LogP contribution >= 0.6 is 0 Å². The second-order valence-electron chi connectivity index (χ2n) is 5.83. The predicted octanol–water partition coefficient (Wildman–Crippen LogP) is 2.46. The summed E-state index contributed by atoms with van der Waals surface area (Å²) in [4.78, 5) is 12.1. The van der Waals surface area contributed by atoms with Gasteiger partial charge >= 0.3 is 0 Å². The van der Waals surface area contributed by atoms with Crippen molar-refractivity contribution in [2.24, 2.45) is 0 Å². The molecule has 0 aliphatic carbocycles. The number of anilines is 2.